The molecule has 11 rings (SSSR count). The van der Waals surface area contributed by atoms with Crippen LogP contribution >= 0.6 is 0 Å². The van der Waals surface area contributed by atoms with Crippen LogP contribution in [0.25, 0.3) is 66.1 Å². The highest BCUT2D eigenvalue weighted by Gasteiger charge is 2.38. The van der Waals surface area contributed by atoms with Gasteiger partial charge in [0.05, 0.1) is 11.4 Å². The Labute approximate surface area is 335 Å². The van der Waals surface area contributed by atoms with Gasteiger partial charge in [-0.1, -0.05) is 173 Å². The van der Waals surface area contributed by atoms with Crippen LogP contribution in [0.5, 0.6) is 0 Å². The van der Waals surface area contributed by atoms with Crippen molar-refractivity contribution in [2.45, 2.75) is 57.3 Å². The topological polar surface area (TPSA) is 16.4 Å². The first-order valence-corrected chi connectivity index (χ1v) is 20.7. The van der Waals surface area contributed by atoms with Gasteiger partial charge in [0.2, 0.25) is 0 Å². The zero-order valence-corrected chi connectivity index (χ0v) is 32.6. The molecule has 8 aromatic carbocycles. The second-order valence-corrected chi connectivity index (χ2v) is 16.6. The Morgan fingerprint density at radius 1 is 0.509 bits per heavy atom. The van der Waals surface area contributed by atoms with Gasteiger partial charge in [0.1, 0.15) is 11.2 Å². The predicted molar refractivity (Wildman–Crippen MR) is 240 cm³/mol. The van der Waals surface area contributed by atoms with E-state index in [0.717, 1.165) is 38.8 Å². The number of benzene rings is 8. The molecule has 0 aliphatic heterocycles. The second-order valence-electron chi connectivity index (χ2n) is 16.6. The summed E-state index contributed by atoms with van der Waals surface area (Å²) in [6.45, 7) is 4.74. The molecule has 1 saturated carbocycles. The number of rotatable bonds is 6. The summed E-state index contributed by atoms with van der Waals surface area (Å²) in [5.74, 6) is 0.590. The lowest BCUT2D eigenvalue weighted by Gasteiger charge is -2.31. The van der Waals surface area contributed by atoms with Crippen LogP contribution in [0, 0.1) is 0 Å². The summed E-state index contributed by atoms with van der Waals surface area (Å²) in [6, 6.07) is 62.9. The van der Waals surface area contributed by atoms with Crippen molar-refractivity contribution in [2.75, 3.05) is 4.90 Å². The smallest absolute Gasteiger partial charge is 0.143 e. The van der Waals surface area contributed by atoms with Crippen LogP contribution in [0.4, 0.5) is 17.1 Å². The lowest BCUT2D eigenvalue weighted by atomic mass is 9.80. The summed E-state index contributed by atoms with van der Waals surface area (Å²) in [5.41, 5.74) is 16.9. The SMILES string of the molecule is CC1(C)c2ccccc2-c2c(N(c3ccc(-c4cccc5c4oc4ccccc45)cc3)c3ccccc3-c3cccc4cccc(C5CCCCC5)c34)cccc21. The van der Waals surface area contributed by atoms with E-state index in [1.807, 2.05) is 6.07 Å². The van der Waals surface area contributed by atoms with E-state index < -0.39 is 0 Å². The van der Waals surface area contributed by atoms with Gasteiger partial charge in [0.25, 0.3) is 0 Å². The molecular weight excluding hydrogens is 691 g/mol. The van der Waals surface area contributed by atoms with Crippen molar-refractivity contribution >= 4 is 49.8 Å². The summed E-state index contributed by atoms with van der Waals surface area (Å²) in [7, 11) is 0. The van der Waals surface area contributed by atoms with E-state index in [4.69, 9.17) is 4.42 Å². The summed E-state index contributed by atoms with van der Waals surface area (Å²) in [6.07, 6.45) is 6.50. The van der Waals surface area contributed by atoms with Gasteiger partial charge in [0, 0.05) is 38.6 Å². The minimum Gasteiger partial charge on any atom is -0.455 e. The van der Waals surface area contributed by atoms with Crippen molar-refractivity contribution in [3.63, 3.8) is 0 Å². The highest BCUT2D eigenvalue weighted by atomic mass is 16.3. The Balaban J connectivity index is 1.14. The van der Waals surface area contributed by atoms with Crippen molar-refractivity contribution in [3.05, 3.63) is 187 Å². The number of hydrogen-bond donors (Lipinski definition) is 0. The molecule has 1 fully saturated rings. The molecule has 0 spiro atoms. The van der Waals surface area contributed by atoms with E-state index in [0.29, 0.717) is 5.92 Å². The molecule has 1 heterocycles. The van der Waals surface area contributed by atoms with E-state index >= 15 is 0 Å². The van der Waals surface area contributed by atoms with E-state index in [1.165, 1.54) is 93.2 Å². The molecule has 0 amide bonds. The lowest BCUT2D eigenvalue weighted by molar-refractivity contribution is 0.445. The van der Waals surface area contributed by atoms with Crippen LogP contribution in [0.3, 0.4) is 0 Å². The van der Waals surface area contributed by atoms with Crippen molar-refractivity contribution in [1.29, 1.82) is 0 Å². The maximum atomic E-state index is 6.50. The molecule has 0 N–H and O–H groups in total. The summed E-state index contributed by atoms with van der Waals surface area (Å²) < 4.78 is 6.50. The van der Waals surface area contributed by atoms with E-state index in [9.17, 15) is 0 Å². The Morgan fingerprint density at radius 3 is 2.00 bits per heavy atom. The highest BCUT2D eigenvalue weighted by molar-refractivity contribution is 6.10. The van der Waals surface area contributed by atoms with Gasteiger partial charge >= 0.3 is 0 Å². The van der Waals surface area contributed by atoms with Crippen LogP contribution in [-0.2, 0) is 5.41 Å². The Kier molecular flexibility index (Phi) is 7.96. The van der Waals surface area contributed by atoms with Crippen molar-refractivity contribution in [2.24, 2.45) is 0 Å². The summed E-state index contributed by atoms with van der Waals surface area (Å²) >= 11 is 0. The minimum absolute atomic E-state index is 0.118. The third-order valence-corrected chi connectivity index (χ3v) is 13.1. The number of hydrogen-bond acceptors (Lipinski definition) is 2. The number of para-hydroxylation sites is 3. The quantitative estimate of drug-likeness (QED) is 0.169. The molecule has 0 radical (unpaired) electrons. The van der Waals surface area contributed by atoms with Crippen LogP contribution in [0.2, 0.25) is 0 Å². The molecule has 1 aromatic heterocycles. The number of furan rings is 1. The molecule has 276 valence electrons. The second kappa shape index (κ2) is 13.4. The van der Waals surface area contributed by atoms with Crippen molar-refractivity contribution in [1.82, 2.24) is 0 Å². The van der Waals surface area contributed by atoms with Gasteiger partial charge < -0.3 is 9.32 Å². The molecule has 0 bridgehead atoms. The van der Waals surface area contributed by atoms with Crippen molar-refractivity contribution in [3.8, 4) is 33.4 Å². The molecule has 0 atom stereocenters. The molecule has 2 aliphatic carbocycles. The van der Waals surface area contributed by atoms with E-state index in [2.05, 4.69) is 183 Å². The maximum absolute atomic E-state index is 6.50. The first-order valence-electron chi connectivity index (χ1n) is 20.7. The van der Waals surface area contributed by atoms with Crippen LogP contribution < -0.4 is 4.90 Å². The zero-order valence-electron chi connectivity index (χ0n) is 32.6. The molecular formula is C55H45NO. The fraction of sp³-hybridized carbons (Fsp3) is 0.164. The first-order chi connectivity index (χ1) is 28.1. The van der Waals surface area contributed by atoms with Gasteiger partial charge in [-0.25, -0.2) is 0 Å². The Morgan fingerprint density at radius 2 is 1.14 bits per heavy atom. The normalized spacial score (nSPS) is 14.9. The van der Waals surface area contributed by atoms with Gasteiger partial charge in [-0.05, 0) is 93.2 Å². The standard InChI is InChI=1S/C55H45NO/c1-55(2)47-27-9-6-22-46(47)53-48(55)28-15-30-50(53)56(39-34-32-37(33-35-39)41-24-14-26-45-43-21-8-11-31-51(43)57-54(41)45)49-29-10-7-20-42(49)44-25-13-19-38-18-12-23-40(52(38)44)36-16-4-3-5-17-36/h6-15,18-36H,3-5,16-17H2,1-2H3. The molecule has 2 nitrogen and oxygen atoms in total. The van der Waals surface area contributed by atoms with Crippen LogP contribution in [-0.4, -0.2) is 0 Å². The summed E-state index contributed by atoms with van der Waals surface area (Å²) in [5, 5.41) is 5.01. The van der Waals surface area contributed by atoms with Crippen LogP contribution in [0.15, 0.2) is 174 Å². The number of fused-ring (bicyclic) bond motifs is 7. The van der Waals surface area contributed by atoms with Gasteiger partial charge in [-0.2, -0.15) is 0 Å². The largest absolute Gasteiger partial charge is 0.455 e. The zero-order chi connectivity index (χ0) is 38.1. The van der Waals surface area contributed by atoms with Gasteiger partial charge in [-0.3, -0.25) is 0 Å². The maximum Gasteiger partial charge on any atom is 0.143 e. The summed E-state index contributed by atoms with van der Waals surface area (Å²) in [4.78, 5) is 2.53. The lowest BCUT2D eigenvalue weighted by Crippen LogP contribution is -2.16. The third-order valence-electron chi connectivity index (χ3n) is 13.1. The number of nitrogens with zero attached hydrogens (tertiary/aromatic N) is 1. The molecule has 2 heteroatoms. The fourth-order valence-electron chi connectivity index (χ4n) is 10.3. The van der Waals surface area contributed by atoms with E-state index in [1.54, 1.807) is 0 Å². The van der Waals surface area contributed by atoms with E-state index in [-0.39, 0.29) is 5.41 Å². The molecule has 9 aromatic rings. The molecule has 0 unspecified atom stereocenters. The van der Waals surface area contributed by atoms with Crippen LogP contribution in [0.1, 0.15) is 68.6 Å². The molecule has 2 aliphatic rings. The van der Waals surface area contributed by atoms with Gasteiger partial charge in [-0.15, -0.1) is 0 Å². The highest BCUT2D eigenvalue weighted by Crippen LogP contribution is 2.55. The average molecular weight is 736 g/mol. The molecule has 0 saturated heterocycles. The Bertz CT molecular complexity index is 2970. The predicted octanol–water partition coefficient (Wildman–Crippen LogP) is 15.9. The monoisotopic (exact) mass is 735 g/mol. The minimum atomic E-state index is -0.118. The fourth-order valence-corrected chi connectivity index (χ4v) is 10.3. The Hall–Kier alpha value is -6.38. The van der Waals surface area contributed by atoms with Gasteiger partial charge in [0.15, 0.2) is 0 Å². The third kappa shape index (κ3) is 5.38. The average Bonchev–Trinajstić information content (AvgIpc) is 3.76. The first kappa shape index (κ1) is 33.9. The molecule has 57 heavy (non-hydrogen) atoms. The van der Waals surface area contributed by atoms with Crippen molar-refractivity contribution < 1.29 is 4.42 Å². The number of anilines is 3.